The molecule has 0 aliphatic rings. The molecule has 15 heavy (non-hydrogen) atoms. The Labute approximate surface area is 96.9 Å². The van der Waals surface area contributed by atoms with E-state index in [1.54, 1.807) is 0 Å². The number of hydrogen-bond donors (Lipinski definition) is 0. The molecule has 0 heterocycles. The van der Waals surface area contributed by atoms with E-state index in [-0.39, 0.29) is 0 Å². The Balaban J connectivity index is 3.50. The molecule has 0 rings (SSSR count). The lowest BCUT2D eigenvalue weighted by Crippen LogP contribution is -2.16. The minimum atomic E-state index is -1.17. The topological polar surface area (TPSA) is 0 Å². The standard InChI is InChI=1S/C14H24Si/c1-5-6-7-8-9-10-11-12-13-14-15(2,3)4/h5-9,12H2,1-4H3. The van der Waals surface area contributed by atoms with Gasteiger partial charge in [0.15, 0.2) is 0 Å². The Morgan fingerprint density at radius 2 is 1.60 bits per heavy atom. The third-order valence-electron chi connectivity index (χ3n) is 1.92. The van der Waals surface area contributed by atoms with E-state index in [2.05, 4.69) is 49.9 Å². The molecular formula is C14H24Si. The van der Waals surface area contributed by atoms with E-state index in [9.17, 15) is 0 Å². The van der Waals surface area contributed by atoms with E-state index in [1.165, 1.54) is 25.7 Å². The van der Waals surface area contributed by atoms with Crippen LogP contribution in [0, 0.1) is 23.3 Å². The van der Waals surface area contributed by atoms with Gasteiger partial charge in [-0.2, -0.15) is 0 Å². The molecule has 1 heteroatoms. The maximum Gasteiger partial charge on any atom is 0.129 e. The number of unbranched alkanes of at least 4 members (excludes halogenated alkanes) is 4. The molecular weight excluding hydrogens is 196 g/mol. The van der Waals surface area contributed by atoms with Crippen LogP contribution in [0.25, 0.3) is 0 Å². The summed E-state index contributed by atoms with van der Waals surface area (Å²) in [4.78, 5) is 0. The van der Waals surface area contributed by atoms with Gasteiger partial charge >= 0.3 is 0 Å². The first-order chi connectivity index (χ1) is 7.06. The van der Waals surface area contributed by atoms with Crippen LogP contribution in [0.2, 0.25) is 19.6 Å². The minimum absolute atomic E-state index is 0.762. The molecule has 0 amide bonds. The average Bonchev–Trinajstić information content (AvgIpc) is 2.14. The SMILES string of the molecule is CCCCCCC#CCC#C[Si](C)(C)C. The molecule has 0 atom stereocenters. The zero-order valence-corrected chi connectivity index (χ0v) is 11.7. The molecule has 0 saturated carbocycles. The first-order valence-corrected chi connectivity index (χ1v) is 9.52. The molecule has 0 fully saturated rings. The molecule has 0 radical (unpaired) electrons. The molecule has 0 aromatic carbocycles. The van der Waals surface area contributed by atoms with Crippen molar-refractivity contribution < 1.29 is 0 Å². The summed E-state index contributed by atoms with van der Waals surface area (Å²) in [7, 11) is -1.17. The normalized spacial score (nSPS) is 9.87. The van der Waals surface area contributed by atoms with Crippen molar-refractivity contribution in [2.24, 2.45) is 0 Å². The predicted octanol–water partition coefficient (Wildman–Crippen LogP) is 4.23. The van der Waals surface area contributed by atoms with Crippen LogP contribution in [-0.2, 0) is 0 Å². The van der Waals surface area contributed by atoms with Crippen LogP contribution >= 0.6 is 0 Å². The quantitative estimate of drug-likeness (QED) is 0.378. The molecule has 84 valence electrons. The van der Waals surface area contributed by atoms with Crippen LogP contribution < -0.4 is 0 Å². The van der Waals surface area contributed by atoms with Crippen LogP contribution in [0.3, 0.4) is 0 Å². The fraction of sp³-hybridized carbons (Fsp3) is 0.714. The zero-order chi connectivity index (χ0) is 11.6. The first-order valence-electron chi connectivity index (χ1n) is 6.02. The van der Waals surface area contributed by atoms with E-state index in [0.717, 1.165) is 12.8 Å². The molecule has 0 aromatic heterocycles. The van der Waals surface area contributed by atoms with Gasteiger partial charge in [0.25, 0.3) is 0 Å². The van der Waals surface area contributed by atoms with E-state index < -0.39 is 8.07 Å². The Bertz CT molecular complexity index is 262. The molecule has 0 nitrogen and oxygen atoms in total. The van der Waals surface area contributed by atoms with Crippen molar-refractivity contribution in [3.05, 3.63) is 0 Å². The molecule has 0 aliphatic heterocycles. The van der Waals surface area contributed by atoms with Crippen LogP contribution in [-0.4, -0.2) is 8.07 Å². The van der Waals surface area contributed by atoms with Gasteiger partial charge in [0.1, 0.15) is 8.07 Å². The second-order valence-corrected chi connectivity index (χ2v) is 9.64. The van der Waals surface area contributed by atoms with Crippen molar-refractivity contribution in [1.29, 1.82) is 0 Å². The van der Waals surface area contributed by atoms with Gasteiger partial charge in [-0.05, 0) is 6.42 Å². The highest BCUT2D eigenvalue weighted by Gasteiger charge is 2.06. The Kier molecular flexibility index (Phi) is 8.25. The molecule has 0 unspecified atom stereocenters. The summed E-state index contributed by atoms with van der Waals surface area (Å²) in [6.45, 7) is 9.02. The molecule has 0 aromatic rings. The smallest absolute Gasteiger partial charge is 0.129 e. The Morgan fingerprint density at radius 3 is 2.20 bits per heavy atom. The van der Waals surface area contributed by atoms with Gasteiger partial charge in [-0.1, -0.05) is 57.7 Å². The van der Waals surface area contributed by atoms with Gasteiger partial charge in [0, 0.05) is 6.42 Å². The second-order valence-electron chi connectivity index (χ2n) is 4.89. The largest absolute Gasteiger partial charge is 0.131 e. The highest BCUT2D eigenvalue weighted by Crippen LogP contribution is 2.01. The fourth-order valence-electron chi connectivity index (χ4n) is 1.14. The second kappa shape index (κ2) is 8.63. The Hall–Kier alpha value is -0.663. The summed E-state index contributed by atoms with van der Waals surface area (Å²) in [5, 5.41) is 0. The van der Waals surface area contributed by atoms with Gasteiger partial charge in [-0.25, -0.2) is 0 Å². The van der Waals surface area contributed by atoms with E-state index >= 15 is 0 Å². The summed E-state index contributed by atoms with van der Waals surface area (Å²) in [6.07, 6.45) is 7.03. The van der Waals surface area contributed by atoms with E-state index in [4.69, 9.17) is 0 Å². The first kappa shape index (κ1) is 14.3. The monoisotopic (exact) mass is 220 g/mol. The van der Waals surface area contributed by atoms with Gasteiger partial charge in [0.05, 0.1) is 6.42 Å². The van der Waals surface area contributed by atoms with Crippen LogP contribution in [0.15, 0.2) is 0 Å². The third-order valence-corrected chi connectivity index (χ3v) is 2.85. The summed E-state index contributed by atoms with van der Waals surface area (Å²) >= 11 is 0. The number of rotatable bonds is 4. The summed E-state index contributed by atoms with van der Waals surface area (Å²) < 4.78 is 0. The average molecular weight is 220 g/mol. The van der Waals surface area contributed by atoms with Gasteiger partial charge in [-0.15, -0.1) is 11.5 Å². The lowest BCUT2D eigenvalue weighted by atomic mass is 10.1. The summed E-state index contributed by atoms with van der Waals surface area (Å²) in [6, 6.07) is 0. The van der Waals surface area contributed by atoms with Gasteiger partial charge in [-0.3, -0.25) is 0 Å². The zero-order valence-electron chi connectivity index (χ0n) is 10.7. The van der Waals surface area contributed by atoms with Gasteiger partial charge < -0.3 is 0 Å². The van der Waals surface area contributed by atoms with E-state index in [0.29, 0.717) is 0 Å². The third kappa shape index (κ3) is 13.3. The summed E-state index contributed by atoms with van der Waals surface area (Å²) in [5.74, 6) is 9.49. The molecule has 0 aliphatic carbocycles. The maximum absolute atomic E-state index is 3.32. The molecule has 0 spiro atoms. The van der Waals surface area contributed by atoms with Crippen molar-refractivity contribution in [3.63, 3.8) is 0 Å². The van der Waals surface area contributed by atoms with Crippen molar-refractivity contribution in [2.75, 3.05) is 0 Å². The van der Waals surface area contributed by atoms with Crippen LogP contribution in [0.5, 0.6) is 0 Å². The van der Waals surface area contributed by atoms with Crippen LogP contribution in [0.1, 0.15) is 45.4 Å². The number of hydrogen-bond acceptors (Lipinski definition) is 0. The maximum atomic E-state index is 3.32. The van der Waals surface area contributed by atoms with Crippen LogP contribution in [0.4, 0.5) is 0 Å². The lowest BCUT2D eigenvalue weighted by molar-refractivity contribution is 0.679. The fourth-order valence-corrected chi connectivity index (χ4v) is 1.76. The predicted molar refractivity (Wildman–Crippen MR) is 72.3 cm³/mol. The van der Waals surface area contributed by atoms with Crippen molar-refractivity contribution in [2.45, 2.75) is 65.1 Å². The molecule has 0 saturated heterocycles. The van der Waals surface area contributed by atoms with E-state index in [1.807, 2.05) is 0 Å². The molecule has 0 N–H and O–H groups in total. The van der Waals surface area contributed by atoms with Crippen molar-refractivity contribution >= 4 is 8.07 Å². The highest BCUT2D eigenvalue weighted by molar-refractivity contribution is 6.83. The minimum Gasteiger partial charge on any atom is -0.131 e. The summed E-state index contributed by atoms with van der Waals surface area (Å²) in [5.41, 5.74) is 3.32. The lowest BCUT2D eigenvalue weighted by Gasteiger charge is -2.02. The highest BCUT2D eigenvalue weighted by atomic mass is 28.3. The molecule has 0 bridgehead atoms. The van der Waals surface area contributed by atoms with Crippen molar-refractivity contribution in [1.82, 2.24) is 0 Å². The Morgan fingerprint density at radius 1 is 0.867 bits per heavy atom. The van der Waals surface area contributed by atoms with Gasteiger partial charge in [0.2, 0.25) is 0 Å². The van der Waals surface area contributed by atoms with Crippen molar-refractivity contribution in [3.8, 4) is 23.3 Å².